The lowest BCUT2D eigenvalue weighted by Gasteiger charge is -2.08. The maximum Gasteiger partial charge on any atom is 0.138 e. The number of aryl methyl sites for hydroxylation is 1. The Labute approximate surface area is 90.1 Å². The summed E-state index contributed by atoms with van der Waals surface area (Å²) in [5.41, 5.74) is 2.24. The molecule has 0 atom stereocenters. The van der Waals surface area contributed by atoms with E-state index in [0.29, 0.717) is 5.92 Å². The molecule has 2 rings (SSSR count). The van der Waals surface area contributed by atoms with Crippen molar-refractivity contribution in [3.05, 3.63) is 30.1 Å². The molecule has 1 N–H and O–H groups in total. The zero-order chi connectivity index (χ0) is 10.8. The minimum atomic E-state index is 0.639. The van der Waals surface area contributed by atoms with E-state index in [1.807, 2.05) is 12.3 Å². The maximum atomic E-state index is 4.34. The maximum absolute atomic E-state index is 4.34. The van der Waals surface area contributed by atoms with Crippen LogP contribution in [-0.4, -0.2) is 15.9 Å². The summed E-state index contributed by atoms with van der Waals surface area (Å²) in [5, 5.41) is 3.39. The molecule has 0 saturated carbocycles. The smallest absolute Gasteiger partial charge is 0.138 e. The molecule has 3 nitrogen and oxygen atoms in total. The van der Waals surface area contributed by atoms with E-state index in [1.54, 1.807) is 0 Å². The number of aromatic nitrogens is 2. The van der Waals surface area contributed by atoms with E-state index in [1.165, 1.54) is 5.56 Å². The fourth-order valence-electron chi connectivity index (χ4n) is 1.53. The number of nitrogens with one attached hydrogen (secondary N) is 1. The van der Waals surface area contributed by atoms with Gasteiger partial charge in [0.25, 0.3) is 0 Å². The van der Waals surface area contributed by atoms with Gasteiger partial charge in [0.1, 0.15) is 11.5 Å². The zero-order valence-corrected chi connectivity index (χ0v) is 9.49. The second kappa shape index (κ2) is 3.93. The molecule has 0 radical (unpaired) electrons. The molecule has 80 valence electrons. The predicted molar refractivity (Wildman–Crippen MR) is 63.3 cm³/mol. The zero-order valence-electron chi connectivity index (χ0n) is 9.49. The lowest BCUT2D eigenvalue weighted by Crippen LogP contribution is -2.09. The van der Waals surface area contributed by atoms with Crippen LogP contribution in [0.25, 0.3) is 5.65 Å². The van der Waals surface area contributed by atoms with Gasteiger partial charge in [-0.3, -0.25) is 4.40 Å². The Morgan fingerprint density at radius 2 is 2.20 bits per heavy atom. The second-order valence-corrected chi connectivity index (χ2v) is 4.35. The number of hydrogen-bond donors (Lipinski definition) is 1. The van der Waals surface area contributed by atoms with Crippen LogP contribution >= 0.6 is 0 Å². The van der Waals surface area contributed by atoms with E-state index in [9.17, 15) is 0 Å². The molecule has 0 saturated heterocycles. The Morgan fingerprint density at radius 3 is 2.93 bits per heavy atom. The Morgan fingerprint density at radius 1 is 1.40 bits per heavy atom. The molecule has 0 bridgehead atoms. The number of hydrogen-bond acceptors (Lipinski definition) is 2. The van der Waals surface area contributed by atoms with Crippen LogP contribution in [-0.2, 0) is 0 Å². The summed E-state index contributed by atoms with van der Waals surface area (Å²) >= 11 is 0. The number of imidazole rings is 1. The Kier molecular flexibility index (Phi) is 2.62. The molecular weight excluding hydrogens is 186 g/mol. The molecule has 0 spiro atoms. The van der Waals surface area contributed by atoms with Crippen LogP contribution in [0.3, 0.4) is 0 Å². The molecule has 2 aromatic rings. The minimum Gasteiger partial charge on any atom is -0.370 e. The SMILES string of the molecule is Cc1ccc2ncc(NCC(C)C)n2c1. The van der Waals surface area contributed by atoms with Gasteiger partial charge in [-0.2, -0.15) is 0 Å². The van der Waals surface area contributed by atoms with E-state index >= 15 is 0 Å². The van der Waals surface area contributed by atoms with Crippen molar-refractivity contribution < 1.29 is 0 Å². The largest absolute Gasteiger partial charge is 0.370 e. The predicted octanol–water partition coefficient (Wildman–Crippen LogP) is 2.71. The van der Waals surface area contributed by atoms with E-state index in [-0.39, 0.29) is 0 Å². The monoisotopic (exact) mass is 203 g/mol. The second-order valence-electron chi connectivity index (χ2n) is 4.35. The van der Waals surface area contributed by atoms with Crippen molar-refractivity contribution in [2.24, 2.45) is 5.92 Å². The van der Waals surface area contributed by atoms with Gasteiger partial charge in [0.05, 0.1) is 6.20 Å². The van der Waals surface area contributed by atoms with Crippen LogP contribution in [0, 0.1) is 12.8 Å². The van der Waals surface area contributed by atoms with Gasteiger partial charge < -0.3 is 5.32 Å². The first-order valence-electron chi connectivity index (χ1n) is 5.34. The van der Waals surface area contributed by atoms with Crippen LogP contribution in [0.1, 0.15) is 19.4 Å². The van der Waals surface area contributed by atoms with Gasteiger partial charge in [0.2, 0.25) is 0 Å². The van der Waals surface area contributed by atoms with Crippen LogP contribution in [0.2, 0.25) is 0 Å². The van der Waals surface area contributed by atoms with Gasteiger partial charge in [-0.25, -0.2) is 4.98 Å². The van der Waals surface area contributed by atoms with Crippen molar-refractivity contribution in [2.75, 3.05) is 11.9 Å². The van der Waals surface area contributed by atoms with Crippen molar-refractivity contribution in [1.82, 2.24) is 9.38 Å². The molecule has 0 aliphatic rings. The Balaban J connectivity index is 2.31. The molecule has 0 aromatic carbocycles. The van der Waals surface area contributed by atoms with E-state index in [2.05, 4.69) is 47.7 Å². The van der Waals surface area contributed by atoms with Crippen LogP contribution in [0.15, 0.2) is 24.5 Å². The highest BCUT2D eigenvalue weighted by Crippen LogP contribution is 2.13. The van der Waals surface area contributed by atoms with Crippen molar-refractivity contribution in [3.8, 4) is 0 Å². The fraction of sp³-hybridized carbons (Fsp3) is 0.417. The molecule has 3 heteroatoms. The van der Waals surface area contributed by atoms with Crippen molar-refractivity contribution in [1.29, 1.82) is 0 Å². The summed E-state index contributed by atoms with van der Waals surface area (Å²) in [6.45, 7) is 7.45. The molecular formula is C12H17N3. The first-order chi connectivity index (χ1) is 7.16. The number of nitrogens with zero attached hydrogens (tertiary/aromatic N) is 2. The molecule has 0 aliphatic heterocycles. The third-order valence-corrected chi connectivity index (χ3v) is 2.34. The van der Waals surface area contributed by atoms with Gasteiger partial charge in [0.15, 0.2) is 0 Å². The molecule has 0 fully saturated rings. The van der Waals surface area contributed by atoms with Gasteiger partial charge >= 0.3 is 0 Å². The van der Waals surface area contributed by atoms with Gasteiger partial charge in [-0.15, -0.1) is 0 Å². The number of fused-ring (bicyclic) bond motifs is 1. The lowest BCUT2D eigenvalue weighted by atomic mass is 10.2. The number of anilines is 1. The summed E-state index contributed by atoms with van der Waals surface area (Å²) in [5.74, 6) is 1.71. The average molecular weight is 203 g/mol. The van der Waals surface area contributed by atoms with Crippen molar-refractivity contribution in [3.63, 3.8) is 0 Å². The van der Waals surface area contributed by atoms with Crippen molar-refractivity contribution >= 4 is 11.5 Å². The Hall–Kier alpha value is -1.51. The lowest BCUT2D eigenvalue weighted by molar-refractivity contribution is 0.686. The summed E-state index contributed by atoms with van der Waals surface area (Å²) < 4.78 is 2.09. The van der Waals surface area contributed by atoms with Gasteiger partial charge in [-0.05, 0) is 24.5 Å². The first kappa shape index (κ1) is 10.0. The molecule has 15 heavy (non-hydrogen) atoms. The number of rotatable bonds is 3. The van der Waals surface area contributed by atoms with E-state index in [4.69, 9.17) is 0 Å². The molecule has 0 aliphatic carbocycles. The van der Waals surface area contributed by atoms with Crippen LogP contribution in [0.5, 0.6) is 0 Å². The normalized spacial score (nSPS) is 11.2. The third kappa shape index (κ3) is 2.12. The number of pyridine rings is 1. The highest BCUT2D eigenvalue weighted by Gasteiger charge is 2.02. The summed E-state index contributed by atoms with van der Waals surface area (Å²) in [7, 11) is 0. The average Bonchev–Trinajstić information content (AvgIpc) is 2.57. The van der Waals surface area contributed by atoms with Gasteiger partial charge in [-0.1, -0.05) is 19.9 Å². The molecule has 0 amide bonds. The molecule has 0 unspecified atom stereocenters. The molecule has 2 aromatic heterocycles. The third-order valence-electron chi connectivity index (χ3n) is 2.34. The Bertz CT molecular complexity index is 457. The summed E-state index contributed by atoms with van der Waals surface area (Å²) in [6, 6.07) is 4.12. The van der Waals surface area contributed by atoms with E-state index < -0.39 is 0 Å². The highest BCUT2D eigenvalue weighted by molar-refractivity contribution is 5.50. The first-order valence-corrected chi connectivity index (χ1v) is 5.34. The standard InChI is InChI=1S/C12H17N3/c1-9(2)6-13-12-7-14-11-5-4-10(3)8-15(11)12/h4-5,7-9,13H,6H2,1-3H3. The van der Waals surface area contributed by atoms with Crippen molar-refractivity contribution in [2.45, 2.75) is 20.8 Å². The minimum absolute atomic E-state index is 0.639. The summed E-state index contributed by atoms with van der Waals surface area (Å²) in [4.78, 5) is 4.34. The van der Waals surface area contributed by atoms with E-state index in [0.717, 1.165) is 18.0 Å². The highest BCUT2D eigenvalue weighted by atomic mass is 15.1. The van der Waals surface area contributed by atoms with Crippen LogP contribution in [0.4, 0.5) is 5.82 Å². The molecule has 2 heterocycles. The van der Waals surface area contributed by atoms with Gasteiger partial charge in [0, 0.05) is 12.7 Å². The topological polar surface area (TPSA) is 29.3 Å². The quantitative estimate of drug-likeness (QED) is 0.831. The summed E-state index contributed by atoms with van der Waals surface area (Å²) in [6.07, 6.45) is 3.99. The fourth-order valence-corrected chi connectivity index (χ4v) is 1.53. The van der Waals surface area contributed by atoms with Crippen LogP contribution < -0.4 is 5.32 Å².